The van der Waals surface area contributed by atoms with Crippen molar-refractivity contribution in [2.24, 2.45) is 0 Å². The Kier molecular flexibility index (Phi) is 8.11. The van der Waals surface area contributed by atoms with Crippen LogP contribution in [0, 0.1) is 12.1 Å². The van der Waals surface area contributed by atoms with E-state index < -0.39 is 0 Å². The fourth-order valence-corrected chi connectivity index (χ4v) is 1.65. The highest BCUT2D eigenvalue weighted by molar-refractivity contribution is 5.38. The Balaban J connectivity index is 2.36. The van der Waals surface area contributed by atoms with Crippen LogP contribution in [0.2, 0.25) is 0 Å². The van der Waals surface area contributed by atoms with Crippen LogP contribution < -0.4 is 9.47 Å². The summed E-state index contributed by atoms with van der Waals surface area (Å²) in [5.74, 6) is 1.59. The fraction of sp³-hybridized carbons (Fsp3) is 0.625. The highest BCUT2D eigenvalue weighted by atomic mass is 16.5. The second kappa shape index (κ2) is 9.81. The first-order valence-corrected chi connectivity index (χ1v) is 7.05. The number of unbranched alkanes of at least 4 members (excludes halogenated alkanes) is 4. The second-order valence-corrected chi connectivity index (χ2v) is 4.42. The Labute approximate surface area is 111 Å². The molecule has 0 saturated heterocycles. The summed E-state index contributed by atoms with van der Waals surface area (Å²) < 4.78 is 11.4. The number of hydrogen-bond donors (Lipinski definition) is 0. The molecule has 2 radical (unpaired) electrons. The summed E-state index contributed by atoms with van der Waals surface area (Å²) in [4.78, 5) is 0. The maximum absolute atomic E-state index is 5.72. The van der Waals surface area contributed by atoms with Crippen LogP contribution in [0.15, 0.2) is 12.1 Å². The molecule has 0 heterocycles. The summed E-state index contributed by atoms with van der Waals surface area (Å²) in [6.07, 6.45) is 7.00. The Morgan fingerprint density at radius 1 is 0.778 bits per heavy atom. The summed E-state index contributed by atoms with van der Waals surface area (Å²) in [5, 5.41) is 0. The van der Waals surface area contributed by atoms with Gasteiger partial charge in [-0.2, -0.15) is 0 Å². The van der Waals surface area contributed by atoms with Gasteiger partial charge in [0.1, 0.15) is 0 Å². The van der Waals surface area contributed by atoms with E-state index in [-0.39, 0.29) is 0 Å². The smallest absolute Gasteiger partial charge is 0.161 e. The first-order valence-electron chi connectivity index (χ1n) is 7.05. The molecule has 1 rings (SSSR count). The largest absolute Gasteiger partial charge is 0.490 e. The summed E-state index contributed by atoms with van der Waals surface area (Å²) in [6.45, 7) is 5.87. The Bertz CT molecular complexity index is 279. The van der Waals surface area contributed by atoms with Gasteiger partial charge < -0.3 is 9.47 Å². The summed E-state index contributed by atoms with van der Waals surface area (Å²) in [5.41, 5.74) is 0. The van der Waals surface area contributed by atoms with E-state index in [1.54, 1.807) is 12.1 Å². The lowest BCUT2D eigenvalue weighted by molar-refractivity contribution is 0.259. The lowest BCUT2D eigenvalue weighted by atomic mass is 10.2. The van der Waals surface area contributed by atoms with E-state index in [2.05, 4.69) is 26.0 Å². The first-order chi connectivity index (χ1) is 8.88. The molecule has 0 saturated carbocycles. The van der Waals surface area contributed by atoms with Crippen LogP contribution in [0.5, 0.6) is 11.5 Å². The van der Waals surface area contributed by atoms with E-state index in [9.17, 15) is 0 Å². The molecule has 2 heteroatoms. The van der Waals surface area contributed by atoms with E-state index in [0.717, 1.165) is 37.6 Å². The van der Waals surface area contributed by atoms with Crippen LogP contribution in [0.1, 0.15) is 52.4 Å². The van der Waals surface area contributed by atoms with E-state index in [4.69, 9.17) is 9.47 Å². The van der Waals surface area contributed by atoms with Crippen LogP contribution in [0.25, 0.3) is 0 Å². The summed E-state index contributed by atoms with van der Waals surface area (Å²) in [7, 11) is 0. The Morgan fingerprint density at radius 2 is 1.22 bits per heavy atom. The normalized spacial score (nSPS) is 10.3. The third kappa shape index (κ3) is 5.95. The standard InChI is InChI=1S/C16H24O2/c1-3-5-9-13-17-15-11-7-8-12-16(15)18-14-10-6-4-2/h11-12H,3-6,9-10,13-14H2,1-2H3. The van der Waals surface area contributed by atoms with E-state index in [0.29, 0.717) is 0 Å². The molecular weight excluding hydrogens is 224 g/mol. The third-order valence-corrected chi connectivity index (χ3v) is 2.74. The molecule has 0 spiro atoms. The number of rotatable bonds is 10. The molecule has 0 unspecified atom stereocenters. The molecule has 0 bridgehead atoms. The van der Waals surface area contributed by atoms with Gasteiger partial charge in [0.15, 0.2) is 11.5 Å². The zero-order valence-electron chi connectivity index (χ0n) is 11.6. The van der Waals surface area contributed by atoms with Crippen LogP contribution in [-0.2, 0) is 0 Å². The average Bonchev–Trinajstić information content (AvgIpc) is 2.41. The third-order valence-electron chi connectivity index (χ3n) is 2.74. The van der Waals surface area contributed by atoms with Gasteiger partial charge in [0, 0.05) is 0 Å². The van der Waals surface area contributed by atoms with Gasteiger partial charge in [0.05, 0.1) is 13.2 Å². The van der Waals surface area contributed by atoms with Gasteiger partial charge in [-0.15, -0.1) is 0 Å². The molecule has 2 nitrogen and oxygen atoms in total. The van der Waals surface area contributed by atoms with Crippen molar-refractivity contribution in [1.29, 1.82) is 0 Å². The Hall–Kier alpha value is -1.18. The van der Waals surface area contributed by atoms with Gasteiger partial charge in [0.25, 0.3) is 0 Å². The van der Waals surface area contributed by atoms with E-state index in [1.165, 1.54) is 25.7 Å². The van der Waals surface area contributed by atoms with Crippen molar-refractivity contribution in [1.82, 2.24) is 0 Å². The minimum atomic E-state index is 0.747. The van der Waals surface area contributed by atoms with Crippen molar-refractivity contribution in [3.63, 3.8) is 0 Å². The lowest BCUT2D eigenvalue weighted by Gasteiger charge is -2.12. The predicted octanol–water partition coefficient (Wildman–Crippen LogP) is 4.42. The predicted molar refractivity (Wildman–Crippen MR) is 74.2 cm³/mol. The molecule has 0 fully saturated rings. The van der Waals surface area contributed by atoms with Crippen LogP contribution in [0.3, 0.4) is 0 Å². The van der Waals surface area contributed by atoms with Crippen molar-refractivity contribution < 1.29 is 9.47 Å². The van der Waals surface area contributed by atoms with Crippen LogP contribution in [-0.4, -0.2) is 13.2 Å². The lowest BCUT2D eigenvalue weighted by Crippen LogP contribution is -2.02. The van der Waals surface area contributed by atoms with Crippen molar-refractivity contribution in [2.45, 2.75) is 52.4 Å². The van der Waals surface area contributed by atoms with Gasteiger partial charge in [-0.05, 0) is 37.1 Å². The van der Waals surface area contributed by atoms with E-state index >= 15 is 0 Å². The van der Waals surface area contributed by atoms with Crippen molar-refractivity contribution in [3.05, 3.63) is 24.3 Å². The van der Waals surface area contributed by atoms with Crippen molar-refractivity contribution in [3.8, 4) is 11.5 Å². The molecule has 1 aromatic carbocycles. The molecule has 0 N–H and O–H groups in total. The zero-order chi connectivity index (χ0) is 13.1. The number of ether oxygens (including phenoxy) is 2. The molecule has 0 atom stereocenters. The van der Waals surface area contributed by atoms with Crippen molar-refractivity contribution in [2.75, 3.05) is 13.2 Å². The Morgan fingerprint density at radius 3 is 1.61 bits per heavy atom. The van der Waals surface area contributed by atoms with Gasteiger partial charge in [0.2, 0.25) is 0 Å². The minimum absolute atomic E-state index is 0.747. The molecule has 0 aliphatic carbocycles. The molecule has 0 aromatic heterocycles. The second-order valence-electron chi connectivity index (χ2n) is 4.42. The van der Waals surface area contributed by atoms with Gasteiger partial charge in [-0.1, -0.05) is 39.5 Å². The summed E-state index contributed by atoms with van der Waals surface area (Å²) >= 11 is 0. The van der Waals surface area contributed by atoms with Crippen LogP contribution >= 0.6 is 0 Å². The minimum Gasteiger partial charge on any atom is -0.490 e. The van der Waals surface area contributed by atoms with Gasteiger partial charge in [-0.25, -0.2) is 0 Å². The molecular formula is C16H24O2. The number of hydrogen-bond acceptors (Lipinski definition) is 2. The van der Waals surface area contributed by atoms with Crippen molar-refractivity contribution >= 4 is 0 Å². The first kappa shape index (κ1) is 14.9. The monoisotopic (exact) mass is 248 g/mol. The van der Waals surface area contributed by atoms with Gasteiger partial charge >= 0.3 is 0 Å². The maximum Gasteiger partial charge on any atom is 0.161 e. The molecule has 0 aliphatic heterocycles. The van der Waals surface area contributed by atoms with E-state index in [1.807, 2.05) is 0 Å². The quantitative estimate of drug-likeness (QED) is 0.570. The maximum atomic E-state index is 5.72. The average molecular weight is 248 g/mol. The molecule has 1 aromatic rings. The van der Waals surface area contributed by atoms with Gasteiger partial charge in [-0.3, -0.25) is 0 Å². The topological polar surface area (TPSA) is 18.5 Å². The molecule has 18 heavy (non-hydrogen) atoms. The summed E-state index contributed by atoms with van der Waals surface area (Å²) in [6, 6.07) is 9.44. The molecule has 0 aliphatic rings. The number of benzene rings is 1. The molecule has 0 amide bonds. The van der Waals surface area contributed by atoms with Crippen LogP contribution in [0.4, 0.5) is 0 Å². The SMILES string of the molecule is CCCCCOc1c[c][c]cc1OCCCCC. The highest BCUT2D eigenvalue weighted by Crippen LogP contribution is 2.26. The molecule has 100 valence electrons. The fourth-order valence-electron chi connectivity index (χ4n) is 1.65. The zero-order valence-corrected chi connectivity index (χ0v) is 11.6. The highest BCUT2D eigenvalue weighted by Gasteiger charge is 2.03.